The number of carbonyl (C=O) groups is 2. The van der Waals surface area contributed by atoms with Crippen LogP contribution in [0.2, 0.25) is 0 Å². The van der Waals surface area contributed by atoms with Gasteiger partial charge in [0.25, 0.3) is 0 Å². The Morgan fingerprint density at radius 2 is 1.94 bits per heavy atom. The second-order valence-corrected chi connectivity index (χ2v) is 5.64. The molecule has 0 heterocycles. The lowest BCUT2D eigenvalue weighted by Gasteiger charge is -2.39. The van der Waals surface area contributed by atoms with Gasteiger partial charge in [0.2, 0.25) is 0 Å². The van der Waals surface area contributed by atoms with E-state index in [4.69, 9.17) is 4.74 Å². The monoisotopic (exact) mass is 254 g/mol. The van der Waals surface area contributed by atoms with Crippen LogP contribution in [-0.4, -0.2) is 29.1 Å². The molecule has 1 aliphatic carbocycles. The number of esters is 1. The fourth-order valence-electron chi connectivity index (χ4n) is 2.63. The fourth-order valence-corrected chi connectivity index (χ4v) is 2.63. The van der Waals surface area contributed by atoms with Crippen molar-refractivity contribution in [3.8, 4) is 0 Å². The summed E-state index contributed by atoms with van der Waals surface area (Å²) in [7, 11) is 0. The Kier molecular flexibility index (Phi) is 4.32. The number of aliphatic hydroxyl groups excluding tert-OH is 1. The van der Waals surface area contributed by atoms with E-state index < -0.39 is 18.2 Å². The minimum absolute atomic E-state index is 0.207. The molecule has 4 heteroatoms. The average Bonchev–Trinajstić information content (AvgIpc) is 2.22. The SMILES string of the molecule is CC(=O)OC(C(C)=O)C1=C(C)[C@@H](O)CCC1(C)C. The Bertz CT molecular complexity index is 393. The average molecular weight is 254 g/mol. The maximum Gasteiger partial charge on any atom is 0.303 e. The molecule has 4 nitrogen and oxygen atoms in total. The van der Waals surface area contributed by atoms with Gasteiger partial charge in [-0.1, -0.05) is 13.8 Å². The maximum atomic E-state index is 11.7. The molecule has 1 N–H and O–H groups in total. The lowest BCUT2D eigenvalue weighted by molar-refractivity contribution is -0.151. The number of aliphatic hydroxyl groups is 1. The van der Waals surface area contributed by atoms with Crippen LogP contribution in [0, 0.1) is 5.41 Å². The third kappa shape index (κ3) is 2.99. The number of rotatable bonds is 3. The van der Waals surface area contributed by atoms with E-state index in [1.165, 1.54) is 13.8 Å². The van der Waals surface area contributed by atoms with Gasteiger partial charge in [0.05, 0.1) is 6.10 Å². The maximum absolute atomic E-state index is 11.7. The number of carbonyl (C=O) groups excluding carboxylic acids is 2. The summed E-state index contributed by atoms with van der Waals surface area (Å²) in [5.41, 5.74) is 1.27. The van der Waals surface area contributed by atoms with E-state index in [1.807, 2.05) is 13.8 Å². The minimum atomic E-state index is -0.868. The quantitative estimate of drug-likeness (QED) is 0.618. The highest BCUT2D eigenvalue weighted by atomic mass is 16.5. The Balaban J connectivity index is 3.25. The third-order valence-corrected chi connectivity index (χ3v) is 3.61. The summed E-state index contributed by atoms with van der Waals surface area (Å²) in [6, 6.07) is 0. The Morgan fingerprint density at radius 3 is 2.39 bits per heavy atom. The first-order valence-electron chi connectivity index (χ1n) is 6.23. The number of hydrogen-bond acceptors (Lipinski definition) is 4. The second kappa shape index (κ2) is 5.22. The molecule has 0 aliphatic heterocycles. The van der Waals surface area contributed by atoms with Crippen molar-refractivity contribution in [1.82, 2.24) is 0 Å². The largest absolute Gasteiger partial charge is 0.450 e. The predicted molar refractivity (Wildman–Crippen MR) is 68.0 cm³/mol. The van der Waals surface area contributed by atoms with Crippen LogP contribution in [-0.2, 0) is 14.3 Å². The lowest BCUT2D eigenvalue weighted by Crippen LogP contribution is -2.39. The smallest absolute Gasteiger partial charge is 0.303 e. The second-order valence-electron chi connectivity index (χ2n) is 5.64. The van der Waals surface area contributed by atoms with Crippen LogP contribution in [0.5, 0.6) is 0 Å². The van der Waals surface area contributed by atoms with Gasteiger partial charge in [-0.3, -0.25) is 9.59 Å². The minimum Gasteiger partial charge on any atom is -0.450 e. The van der Waals surface area contributed by atoms with E-state index in [0.717, 1.165) is 17.6 Å². The third-order valence-electron chi connectivity index (χ3n) is 3.61. The first-order valence-corrected chi connectivity index (χ1v) is 6.23. The zero-order valence-electron chi connectivity index (χ0n) is 11.7. The fraction of sp³-hybridized carbons (Fsp3) is 0.714. The highest BCUT2D eigenvalue weighted by Crippen LogP contribution is 2.42. The van der Waals surface area contributed by atoms with Crippen molar-refractivity contribution in [3.05, 3.63) is 11.1 Å². The van der Waals surface area contributed by atoms with E-state index in [9.17, 15) is 14.7 Å². The molecule has 18 heavy (non-hydrogen) atoms. The van der Waals surface area contributed by atoms with Crippen molar-refractivity contribution in [2.45, 2.75) is 59.7 Å². The summed E-state index contributed by atoms with van der Waals surface area (Å²) in [6.45, 7) is 8.53. The van der Waals surface area contributed by atoms with Gasteiger partial charge in [0, 0.05) is 6.92 Å². The van der Waals surface area contributed by atoms with Crippen molar-refractivity contribution >= 4 is 11.8 Å². The van der Waals surface area contributed by atoms with E-state index in [1.54, 1.807) is 6.92 Å². The zero-order valence-corrected chi connectivity index (χ0v) is 11.7. The summed E-state index contributed by atoms with van der Waals surface area (Å²) < 4.78 is 5.15. The molecular formula is C14H22O4. The van der Waals surface area contributed by atoms with Gasteiger partial charge in [-0.25, -0.2) is 0 Å². The first-order chi connectivity index (χ1) is 8.16. The number of ketones is 1. The highest BCUT2D eigenvalue weighted by Gasteiger charge is 2.39. The van der Waals surface area contributed by atoms with Gasteiger partial charge in [-0.15, -0.1) is 0 Å². The van der Waals surface area contributed by atoms with Crippen LogP contribution in [0.15, 0.2) is 11.1 Å². The molecule has 0 saturated heterocycles. The van der Waals surface area contributed by atoms with Gasteiger partial charge in [0.15, 0.2) is 11.9 Å². The molecule has 102 valence electrons. The Hall–Kier alpha value is -1.16. The highest BCUT2D eigenvalue weighted by molar-refractivity contribution is 5.86. The molecule has 0 aromatic carbocycles. The zero-order chi connectivity index (χ0) is 14.1. The molecule has 0 spiro atoms. The summed E-state index contributed by atoms with van der Waals surface area (Å²) in [6.07, 6.45) is 0.0247. The summed E-state index contributed by atoms with van der Waals surface area (Å²) >= 11 is 0. The molecule has 0 fully saturated rings. The van der Waals surface area contributed by atoms with Crippen molar-refractivity contribution in [1.29, 1.82) is 0 Å². The van der Waals surface area contributed by atoms with Crippen LogP contribution < -0.4 is 0 Å². The summed E-state index contributed by atoms with van der Waals surface area (Å²) in [5.74, 6) is -0.687. The molecule has 0 amide bonds. The van der Waals surface area contributed by atoms with E-state index in [2.05, 4.69) is 0 Å². The number of Topliss-reactive ketones (excluding diaryl/α,β-unsaturated/α-hetero) is 1. The molecule has 0 saturated carbocycles. The van der Waals surface area contributed by atoms with Gasteiger partial charge in [-0.05, 0) is 43.3 Å². The van der Waals surface area contributed by atoms with Crippen LogP contribution in [0.3, 0.4) is 0 Å². The molecule has 0 aromatic heterocycles. The number of hydrogen-bond donors (Lipinski definition) is 1. The van der Waals surface area contributed by atoms with Crippen LogP contribution in [0.25, 0.3) is 0 Å². The van der Waals surface area contributed by atoms with E-state index >= 15 is 0 Å². The first kappa shape index (κ1) is 14.9. The molecule has 0 bridgehead atoms. The molecule has 0 aromatic rings. The molecule has 1 aliphatic rings. The number of ether oxygens (including phenoxy) is 1. The molecule has 1 unspecified atom stereocenters. The molecule has 0 radical (unpaired) electrons. The predicted octanol–water partition coefficient (Wildman–Crippen LogP) is 2.00. The van der Waals surface area contributed by atoms with E-state index in [0.29, 0.717) is 6.42 Å². The topological polar surface area (TPSA) is 63.6 Å². The van der Waals surface area contributed by atoms with Gasteiger partial charge < -0.3 is 9.84 Å². The Labute approximate surface area is 108 Å². The van der Waals surface area contributed by atoms with Crippen LogP contribution in [0.4, 0.5) is 0 Å². The van der Waals surface area contributed by atoms with Crippen molar-refractivity contribution in [2.24, 2.45) is 5.41 Å². The van der Waals surface area contributed by atoms with Crippen LogP contribution in [0.1, 0.15) is 47.5 Å². The van der Waals surface area contributed by atoms with Crippen molar-refractivity contribution < 1.29 is 19.4 Å². The van der Waals surface area contributed by atoms with Gasteiger partial charge in [-0.2, -0.15) is 0 Å². The standard InChI is InChI=1S/C14H22O4/c1-8-11(17)6-7-14(4,5)12(8)13(9(2)15)18-10(3)16/h11,13,17H,6-7H2,1-5H3/t11-,13?/m0/s1. The lowest BCUT2D eigenvalue weighted by atomic mass is 9.69. The van der Waals surface area contributed by atoms with Crippen molar-refractivity contribution in [3.63, 3.8) is 0 Å². The molecule has 1 rings (SSSR count). The van der Waals surface area contributed by atoms with Crippen LogP contribution >= 0.6 is 0 Å². The summed E-state index contributed by atoms with van der Waals surface area (Å²) in [4.78, 5) is 22.9. The Morgan fingerprint density at radius 1 is 1.39 bits per heavy atom. The molecule has 2 atom stereocenters. The molecular weight excluding hydrogens is 232 g/mol. The van der Waals surface area contributed by atoms with E-state index in [-0.39, 0.29) is 11.2 Å². The van der Waals surface area contributed by atoms with Gasteiger partial charge >= 0.3 is 5.97 Å². The van der Waals surface area contributed by atoms with Crippen molar-refractivity contribution in [2.75, 3.05) is 0 Å². The van der Waals surface area contributed by atoms with Gasteiger partial charge in [0.1, 0.15) is 0 Å². The summed E-state index contributed by atoms with van der Waals surface area (Å²) in [5, 5.41) is 9.94. The normalized spacial score (nSPS) is 24.7.